The fourth-order valence-electron chi connectivity index (χ4n) is 4.75. The molecule has 2 aliphatic rings. The highest BCUT2D eigenvalue weighted by molar-refractivity contribution is 7.92. The summed E-state index contributed by atoms with van der Waals surface area (Å²) in [5, 5.41) is 6.80. The molecule has 1 amide bonds. The third kappa shape index (κ3) is 10.1. The molecular formula is C29H41ClN4O4S. The molecule has 0 spiro atoms. The van der Waals surface area contributed by atoms with E-state index in [0.29, 0.717) is 23.5 Å². The minimum Gasteiger partial charge on any atom is -0.457 e. The molecule has 2 aromatic carbocycles. The SMILES string of the molecule is CC(C)=CC(NC1CCN(Cc2ccc(Oc3ccc(NS(C)(=O)=O)cc3)cc2)CC1)C(=O)NC1CCC1.Cl. The Balaban J connectivity index is 0.00000420. The van der Waals surface area contributed by atoms with Crippen LogP contribution in [0.5, 0.6) is 11.5 Å². The summed E-state index contributed by atoms with van der Waals surface area (Å²) >= 11 is 0. The molecule has 2 aromatic rings. The standard InChI is InChI=1S/C29H40N4O4S.ClH/c1-21(2)19-28(29(34)31-23-5-4-6-23)30-24-15-17-33(18-16-24)20-22-7-11-26(12-8-22)37-27-13-9-25(10-14-27)32-38(3,35)36;/h7-14,19,23-24,28,30,32H,4-6,15-18,20H2,1-3H3,(H,31,34);1H. The van der Waals surface area contributed by atoms with Gasteiger partial charge >= 0.3 is 0 Å². The summed E-state index contributed by atoms with van der Waals surface area (Å²) in [6.07, 6.45) is 8.58. The molecule has 1 heterocycles. The lowest BCUT2D eigenvalue weighted by atomic mass is 9.92. The van der Waals surface area contributed by atoms with Crippen molar-refractivity contribution in [2.45, 2.75) is 70.6 Å². The summed E-state index contributed by atoms with van der Waals surface area (Å²) in [5.74, 6) is 1.47. The second-order valence-electron chi connectivity index (χ2n) is 10.7. The summed E-state index contributed by atoms with van der Waals surface area (Å²) in [6.45, 7) is 6.92. The molecule has 1 aliphatic carbocycles. The van der Waals surface area contributed by atoms with E-state index in [1.54, 1.807) is 24.3 Å². The van der Waals surface area contributed by atoms with Gasteiger partial charge in [0.15, 0.2) is 0 Å². The molecule has 3 N–H and O–H groups in total. The van der Waals surface area contributed by atoms with Gasteiger partial charge in [0.2, 0.25) is 15.9 Å². The smallest absolute Gasteiger partial charge is 0.241 e. The van der Waals surface area contributed by atoms with Gasteiger partial charge in [-0.05, 0) is 101 Å². The van der Waals surface area contributed by atoms with Gasteiger partial charge in [0.1, 0.15) is 17.5 Å². The molecule has 0 bridgehead atoms. The highest BCUT2D eigenvalue weighted by atomic mass is 35.5. The highest BCUT2D eigenvalue weighted by Crippen LogP contribution is 2.25. The van der Waals surface area contributed by atoms with Crippen LogP contribution in [0, 0.1) is 0 Å². The van der Waals surface area contributed by atoms with Crippen molar-refractivity contribution < 1.29 is 17.9 Å². The number of amides is 1. The zero-order valence-corrected chi connectivity index (χ0v) is 24.6. The molecule has 1 saturated heterocycles. The molecule has 39 heavy (non-hydrogen) atoms. The van der Waals surface area contributed by atoms with Gasteiger partial charge in [-0.1, -0.05) is 23.8 Å². The number of anilines is 1. The Bertz CT molecular complexity index is 1200. The van der Waals surface area contributed by atoms with Crippen LogP contribution in [-0.4, -0.2) is 56.7 Å². The van der Waals surface area contributed by atoms with Crippen molar-refractivity contribution in [3.63, 3.8) is 0 Å². The number of nitrogens with zero attached hydrogens (tertiary/aromatic N) is 1. The van der Waals surface area contributed by atoms with Gasteiger partial charge in [-0.3, -0.25) is 19.7 Å². The number of likely N-dealkylation sites (tertiary alicyclic amines) is 1. The Morgan fingerprint density at radius 3 is 2.08 bits per heavy atom. The summed E-state index contributed by atoms with van der Waals surface area (Å²) in [7, 11) is -3.30. The predicted octanol–water partition coefficient (Wildman–Crippen LogP) is 4.83. The quantitative estimate of drug-likeness (QED) is 0.331. The summed E-state index contributed by atoms with van der Waals surface area (Å²) in [5.41, 5.74) is 2.87. The number of hydrogen-bond donors (Lipinski definition) is 3. The van der Waals surface area contributed by atoms with Gasteiger partial charge in [-0.15, -0.1) is 12.4 Å². The second kappa shape index (κ2) is 14.2. The maximum Gasteiger partial charge on any atom is 0.241 e. The van der Waals surface area contributed by atoms with Crippen molar-refractivity contribution in [2.75, 3.05) is 24.1 Å². The lowest BCUT2D eigenvalue weighted by molar-refractivity contribution is -0.123. The Labute approximate surface area is 239 Å². The first-order valence-electron chi connectivity index (χ1n) is 13.4. The fourth-order valence-corrected chi connectivity index (χ4v) is 5.31. The third-order valence-corrected chi connectivity index (χ3v) is 7.57. The first-order valence-corrected chi connectivity index (χ1v) is 15.3. The largest absolute Gasteiger partial charge is 0.457 e. The Morgan fingerprint density at radius 1 is 0.974 bits per heavy atom. The first kappa shape index (κ1) is 30.9. The van der Waals surface area contributed by atoms with Crippen molar-refractivity contribution in [2.24, 2.45) is 0 Å². The Morgan fingerprint density at radius 2 is 1.56 bits per heavy atom. The van der Waals surface area contributed by atoms with E-state index in [-0.39, 0.29) is 24.4 Å². The lowest BCUT2D eigenvalue weighted by Crippen LogP contribution is -2.53. The molecule has 1 aliphatic heterocycles. The molecule has 2 fully saturated rings. The Hall–Kier alpha value is -2.59. The van der Waals surface area contributed by atoms with E-state index >= 15 is 0 Å². The number of rotatable bonds is 11. The minimum absolute atomic E-state index is 0. The van der Waals surface area contributed by atoms with Gasteiger partial charge in [0.05, 0.1) is 6.26 Å². The minimum atomic E-state index is -3.30. The molecular weight excluding hydrogens is 536 g/mol. The number of hydrogen-bond acceptors (Lipinski definition) is 6. The normalized spacial score (nSPS) is 17.3. The maximum absolute atomic E-state index is 12.8. The van der Waals surface area contributed by atoms with Crippen LogP contribution < -0.4 is 20.1 Å². The molecule has 4 rings (SSSR count). The number of carbonyl (C=O) groups is 1. The summed E-state index contributed by atoms with van der Waals surface area (Å²) in [6, 6.07) is 15.3. The van der Waals surface area contributed by atoms with E-state index < -0.39 is 10.0 Å². The molecule has 214 valence electrons. The molecule has 1 unspecified atom stereocenters. The molecule has 0 radical (unpaired) electrons. The average Bonchev–Trinajstić information content (AvgIpc) is 2.83. The molecule has 10 heteroatoms. The fraction of sp³-hybridized carbons (Fsp3) is 0.483. The van der Waals surface area contributed by atoms with Gasteiger partial charge in [0.25, 0.3) is 0 Å². The zero-order chi connectivity index (χ0) is 27.1. The number of nitrogens with one attached hydrogen (secondary N) is 3. The van der Waals surface area contributed by atoms with E-state index in [4.69, 9.17) is 4.74 Å². The number of ether oxygens (including phenoxy) is 1. The van der Waals surface area contributed by atoms with Crippen LogP contribution in [0.3, 0.4) is 0 Å². The highest BCUT2D eigenvalue weighted by Gasteiger charge is 2.27. The van der Waals surface area contributed by atoms with Gasteiger partial charge < -0.3 is 10.1 Å². The van der Waals surface area contributed by atoms with Crippen molar-refractivity contribution in [3.05, 3.63) is 65.7 Å². The number of halogens is 1. The van der Waals surface area contributed by atoms with Crippen LogP contribution in [0.25, 0.3) is 0 Å². The summed E-state index contributed by atoms with van der Waals surface area (Å²) < 4.78 is 31.0. The van der Waals surface area contributed by atoms with Crippen LogP contribution in [0.15, 0.2) is 60.2 Å². The number of allylic oxidation sites excluding steroid dienone is 1. The lowest BCUT2D eigenvalue weighted by Gasteiger charge is -2.35. The number of benzene rings is 2. The van der Waals surface area contributed by atoms with Crippen LogP contribution in [0.4, 0.5) is 5.69 Å². The molecule has 1 atom stereocenters. The second-order valence-corrected chi connectivity index (χ2v) is 12.5. The average molecular weight is 577 g/mol. The number of carbonyl (C=O) groups excluding carboxylic acids is 1. The molecule has 8 nitrogen and oxygen atoms in total. The zero-order valence-electron chi connectivity index (χ0n) is 23.0. The van der Waals surface area contributed by atoms with Gasteiger partial charge in [0, 0.05) is 24.3 Å². The monoisotopic (exact) mass is 576 g/mol. The molecule has 0 aromatic heterocycles. The van der Waals surface area contributed by atoms with Crippen molar-refractivity contribution in [1.29, 1.82) is 0 Å². The van der Waals surface area contributed by atoms with Crippen molar-refractivity contribution in [1.82, 2.24) is 15.5 Å². The van der Waals surface area contributed by atoms with E-state index in [2.05, 4.69) is 32.4 Å². The van der Waals surface area contributed by atoms with Gasteiger partial charge in [-0.2, -0.15) is 0 Å². The van der Waals surface area contributed by atoms with Crippen molar-refractivity contribution >= 4 is 34.0 Å². The predicted molar refractivity (Wildman–Crippen MR) is 159 cm³/mol. The van der Waals surface area contributed by atoms with Crippen LogP contribution in [-0.2, 0) is 21.4 Å². The number of sulfonamides is 1. The van der Waals surface area contributed by atoms with E-state index in [0.717, 1.165) is 62.9 Å². The third-order valence-electron chi connectivity index (χ3n) is 6.96. The van der Waals surface area contributed by atoms with Crippen LogP contribution in [0.1, 0.15) is 51.5 Å². The van der Waals surface area contributed by atoms with Gasteiger partial charge in [-0.25, -0.2) is 8.42 Å². The van der Waals surface area contributed by atoms with E-state index in [9.17, 15) is 13.2 Å². The Kier molecular flexibility index (Phi) is 11.2. The molecule has 1 saturated carbocycles. The van der Waals surface area contributed by atoms with E-state index in [1.165, 1.54) is 12.0 Å². The summed E-state index contributed by atoms with van der Waals surface area (Å²) in [4.78, 5) is 15.3. The first-order chi connectivity index (χ1) is 18.1. The van der Waals surface area contributed by atoms with Crippen molar-refractivity contribution in [3.8, 4) is 11.5 Å². The van der Waals surface area contributed by atoms with Crippen LogP contribution >= 0.6 is 12.4 Å². The van der Waals surface area contributed by atoms with E-state index in [1.807, 2.05) is 32.1 Å². The number of piperidine rings is 1. The van der Waals surface area contributed by atoms with Crippen LogP contribution in [0.2, 0.25) is 0 Å². The maximum atomic E-state index is 12.8. The topological polar surface area (TPSA) is 99.8 Å².